The van der Waals surface area contributed by atoms with Crippen LogP contribution in [0.4, 0.5) is 0 Å². The molecule has 1 aromatic rings. The minimum absolute atomic E-state index is 0. The van der Waals surface area contributed by atoms with Crippen molar-refractivity contribution in [2.24, 2.45) is 0 Å². The fraction of sp³-hybridized carbons (Fsp3) is 0.500. The van der Waals surface area contributed by atoms with Crippen LogP contribution in [0.15, 0.2) is 22.7 Å². The summed E-state index contributed by atoms with van der Waals surface area (Å²) >= 11 is 3.52. The molecule has 0 saturated carbocycles. The van der Waals surface area contributed by atoms with Crippen molar-refractivity contribution >= 4 is 34.3 Å². The van der Waals surface area contributed by atoms with Crippen molar-refractivity contribution in [1.29, 1.82) is 0 Å². The molecule has 1 saturated heterocycles. The molecule has 0 aliphatic carbocycles. The van der Waals surface area contributed by atoms with Crippen LogP contribution >= 0.6 is 28.3 Å². The predicted octanol–water partition coefficient (Wildman–Crippen LogP) is 2.72. The first-order valence-electron chi connectivity index (χ1n) is 6.40. The summed E-state index contributed by atoms with van der Waals surface area (Å²) in [6, 6.07) is 5.83. The second kappa shape index (κ2) is 7.86. The van der Waals surface area contributed by atoms with E-state index in [2.05, 4.69) is 40.3 Å². The van der Waals surface area contributed by atoms with Crippen LogP contribution in [0, 0.1) is 0 Å². The number of aryl methyl sites for hydroxylation is 1. The Kier molecular flexibility index (Phi) is 6.79. The fourth-order valence-electron chi connectivity index (χ4n) is 2.15. The van der Waals surface area contributed by atoms with E-state index in [1.54, 1.807) is 0 Å². The van der Waals surface area contributed by atoms with Gasteiger partial charge in [-0.05, 0) is 40.0 Å². The molecule has 0 radical (unpaired) electrons. The molecule has 4 nitrogen and oxygen atoms in total. The summed E-state index contributed by atoms with van der Waals surface area (Å²) in [5.41, 5.74) is 1.26. The number of rotatable bonds is 4. The van der Waals surface area contributed by atoms with Gasteiger partial charge in [0.1, 0.15) is 17.9 Å². The van der Waals surface area contributed by atoms with Crippen molar-refractivity contribution in [2.45, 2.75) is 31.9 Å². The zero-order valence-electron chi connectivity index (χ0n) is 11.5. The lowest BCUT2D eigenvalue weighted by atomic mass is 10.1. The van der Waals surface area contributed by atoms with E-state index in [1.807, 2.05) is 6.07 Å². The third-order valence-corrected chi connectivity index (χ3v) is 3.89. The van der Waals surface area contributed by atoms with Gasteiger partial charge in [-0.3, -0.25) is 4.79 Å². The van der Waals surface area contributed by atoms with Gasteiger partial charge in [0.05, 0.1) is 11.6 Å². The molecule has 1 aromatic carbocycles. The van der Waals surface area contributed by atoms with E-state index in [4.69, 9.17) is 9.47 Å². The molecule has 20 heavy (non-hydrogen) atoms. The summed E-state index contributed by atoms with van der Waals surface area (Å²) in [6.45, 7) is 2.77. The number of ether oxygens (including phenoxy) is 2. The lowest BCUT2D eigenvalue weighted by Gasteiger charge is -2.14. The third kappa shape index (κ3) is 4.11. The van der Waals surface area contributed by atoms with Crippen LogP contribution < -0.4 is 10.1 Å². The highest BCUT2D eigenvalue weighted by molar-refractivity contribution is 9.10. The number of hydrogen-bond donors (Lipinski definition) is 1. The van der Waals surface area contributed by atoms with Gasteiger partial charge in [0, 0.05) is 13.0 Å². The quantitative estimate of drug-likeness (QED) is 0.835. The molecule has 1 heterocycles. The third-order valence-electron chi connectivity index (χ3n) is 3.27. The minimum atomic E-state index is -0.260. The zero-order chi connectivity index (χ0) is 13.8. The Labute approximate surface area is 133 Å². The van der Waals surface area contributed by atoms with Gasteiger partial charge in [-0.15, -0.1) is 12.4 Å². The summed E-state index contributed by atoms with van der Waals surface area (Å²) in [5, 5.41) is 3.10. The average Bonchev–Trinajstić information content (AvgIpc) is 2.88. The van der Waals surface area contributed by atoms with E-state index in [-0.39, 0.29) is 30.5 Å². The minimum Gasteiger partial charge on any atom is -0.488 e. The Morgan fingerprint density at radius 3 is 2.85 bits per heavy atom. The molecule has 2 rings (SSSR count). The molecular formula is C14H19BrClNO3. The number of halogens is 2. The molecule has 1 N–H and O–H groups in total. The second-order valence-corrected chi connectivity index (χ2v) is 5.43. The van der Waals surface area contributed by atoms with E-state index < -0.39 is 0 Å². The number of carbonyl (C=O) groups excluding carboxylic acids is 1. The number of carbonyl (C=O) groups is 1. The Morgan fingerprint density at radius 1 is 1.50 bits per heavy atom. The first-order valence-corrected chi connectivity index (χ1v) is 7.19. The Balaban J connectivity index is 0.00000200. The van der Waals surface area contributed by atoms with Crippen molar-refractivity contribution in [2.75, 3.05) is 13.7 Å². The maximum absolute atomic E-state index is 11.4. The van der Waals surface area contributed by atoms with Crippen molar-refractivity contribution in [3.05, 3.63) is 28.2 Å². The van der Waals surface area contributed by atoms with Crippen molar-refractivity contribution in [3.8, 4) is 5.75 Å². The van der Waals surface area contributed by atoms with Crippen LogP contribution in [0.3, 0.4) is 0 Å². The Morgan fingerprint density at radius 2 is 2.25 bits per heavy atom. The molecule has 1 aliphatic heterocycles. The largest absolute Gasteiger partial charge is 0.488 e. The lowest BCUT2D eigenvalue weighted by molar-refractivity contribution is -0.142. The van der Waals surface area contributed by atoms with Gasteiger partial charge in [-0.25, -0.2) is 0 Å². The van der Waals surface area contributed by atoms with Crippen molar-refractivity contribution in [1.82, 2.24) is 5.32 Å². The molecule has 0 aromatic heterocycles. The SMILES string of the molecule is CCc1ccc(O[C@@H]2CN[C@H](C(=O)OC)C2)c(Br)c1.Cl. The number of methoxy groups -OCH3 is 1. The summed E-state index contributed by atoms with van der Waals surface area (Å²) in [4.78, 5) is 11.4. The number of benzene rings is 1. The van der Waals surface area contributed by atoms with Crippen molar-refractivity contribution < 1.29 is 14.3 Å². The number of nitrogens with one attached hydrogen (secondary N) is 1. The van der Waals surface area contributed by atoms with Gasteiger partial charge in [-0.2, -0.15) is 0 Å². The summed E-state index contributed by atoms with van der Waals surface area (Å²) in [5.74, 6) is 0.584. The molecule has 6 heteroatoms. The highest BCUT2D eigenvalue weighted by atomic mass is 79.9. The van der Waals surface area contributed by atoms with Crippen LogP contribution in [-0.4, -0.2) is 31.8 Å². The van der Waals surface area contributed by atoms with Gasteiger partial charge in [0.25, 0.3) is 0 Å². The van der Waals surface area contributed by atoms with E-state index >= 15 is 0 Å². The number of hydrogen-bond acceptors (Lipinski definition) is 4. The normalized spacial score (nSPS) is 21.1. The molecule has 0 spiro atoms. The summed E-state index contributed by atoms with van der Waals surface area (Å²) in [7, 11) is 1.40. The van der Waals surface area contributed by atoms with E-state index in [9.17, 15) is 4.79 Å². The topological polar surface area (TPSA) is 47.6 Å². The van der Waals surface area contributed by atoms with Gasteiger partial charge in [0.15, 0.2) is 0 Å². The zero-order valence-corrected chi connectivity index (χ0v) is 13.9. The standard InChI is InChI=1S/C14H18BrNO3.ClH/c1-3-9-4-5-13(11(15)6-9)19-10-7-12(16-8-10)14(17)18-2;/h4-6,10,12,16H,3,7-8H2,1-2H3;1H/t10-,12-;/m0./s1. The first-order chi connectivity index (χ1) is 9.13. The first kappa shape index (κ1) is 17.3. The molecular weight excluding hydrogens is 346 g/mol. The van der Waals surface area contributed by atoms with Gasteiger partial charge in [-0.1, -0.05) is 13.0 Å². The van der Waals surface area contributed by atoms with Crippen LogP contribution in [0.2, 0.25) is 0 Å². The Bertz CT molecular complexity index is 470. The lowest BCUT2D eigenvalue weighted by Crippen LogP contribution is -2.31. The second-order valence-electron chi connectivity index (χ2n) is 4.58. The van der Waals surface area contributed by atoms with Gasteiger partial charge >= 0.3 is 5.97 Å². The van der Waals surface area contributed by atoms with E-state index in [0.717, 1.165) is 16.6 Å². The Hall–Kier alpha value is -0.780. The van der Waals surface area contributed by atoms with E-state index in [0.29, 0.717) is 13.0 Å². The fourth-order valence-corrected chi connectivity index (χ4v) is 2.67. The predicted molar refractivity (Wildman–Crippen MR) is 83.6 cm³/mol. The summed E-state index contributed by atoms with van der Waals surface area (Å²) in [6.07, 6.45) is 1.62. The molecule has 0 unspecified atom stereocenters. The average molecular weight is 365 g/mol. The molecule has 0 amide bonds. The van der Waals surface area contributed by atoms with Crippen LogP contribution in [-0.2, 0) is 16.0 Å². The smallest absolute Gasteiger partial charge is 0.323 e. The maximum Gasteiger partial charge on any atom is 0.323 e. The van der Waals surface area contributed by atoms with Crippen molar-refractivity contribution in [3.63, 3.8) is 0 Å². The molecule has 1 aliphatic rings. The summed E-state index contributed by atoms with van der Waals surface area (Å²) < 4.78 is 11.6. The molecule has 112 valence electrons. The number of esters is 1. The molecule has 2 atom stereocenters. The van der Waals surface area contributed by atoms with Crippen LogP contribution in [0.1, 0.15) is 18.9 Å². The van der Waals surface area contributed by atoms with E-state index in [1.165, 1.54) is 12.7 Å². The molecule has 1 fully saturated rings. The highest BCUT2D eigenvalue weighted by Gasteiger charge is 2.31. The van der Waals surface area contributed by atoms with Crippen LogP contribution in [0.25, 0.3) is 0 Å². The highest BCUT2D eigenvalue weighted by Crippen LogP contribution is 2.28. The molecule has 0 bridgehead atoms. The van der Waals surface area contributed by atoms with Gasteiger partial charge in [0.2, 0.25) is 0 Å². The van der Waals surface area contributed by atoms with Crippen LogP contribution in [0.5, 0.6) is 5.75 Å². The maximum atomic E-state index is 11.4. The monoisotopic (exact) mass is 363 g/mol. The van der Waals surface area contributed by atoms with Gasteiger partial charge < -0.3 is 14.8 Å².